The minimum atomic E-state index is 0.451. The summed E-state index contributed by atoms with van der Waals surface area (Å²) in [5, 5.41) is 7.26. The van der Waals surface area contributed by atoms with E-state index in [1.807, 2.05) is 0 Å². The maximum absolute atomic E-state index is 5.48. The third-order valence-electron chi connectivity index (χ3n) is 3.93. The molecule has 0 saturated heterocycles. The van der Waals surface area contributed by atoms with Crippen molar-refractivity contribution in [2.75, 3.05) is 10.6 Å². The van der Waals surface area contributed by atoms with Crippen LogP contribution in [-0.2, 0) is 0 Å². The van der Waals surface area contributed by atoms with Crippen LogP contribution in [0.25, 0.3) is 0 Å². The largest absolute Gasteiger partial charge is 0.332 e. The van der Waals surface area contributed by atoms with Gasteiger partial charge >= 0.3 is 0 Å². The molecule has 2 aromatic rings. The van der Waals surface area contributed by atoms with Crippen LogP contribution in [0, 0.1) is 20.8 Å². The van der Waals surface area contributed by atoms with Crippen molar-refractivity contribution in [3.63, 3.8) is 0 Å². The van der Waals surface area contributed by atoms with Crippen LogP contribution in [0.15, 0.2) is 36.4 Å². The van der Waals surface area contributed by atoms with Crippen LogP contribution in [0.3, 0.4) is 0 Å². The van der Waals surface area contributed by atoms with Crippen molar-refractivity contribution in [1.82, 2.24) is 0 Å². The first-order valence-electron chi connectivity index (χ1n) is 7.63. The van der Waals surface area contributed by atoms with Crippen LogP contribution in [0.1, 0.15) is 42.0 Å². The lowest BCUT2D eigenvalue weighted by molar-refractivity contribution is 0.868. The van der Waals surface area contributed by atoms with Gasteiger partial charge < -0.3 is 10.6 Å². The quantitative estimate of drug-likeness (QED) is 0.727. The summed E-state index contributed by atoms with van der Waals surface area (Å²) in [4.78, 5) is 0. The number of aryl methyl sites for hydroxylation is 3. The van der Waals surface area contributed by atoms with Gasteiger partial charge in [0.1, 0.15) is 0 Å². The zero-order valence-corrected chi connectivity index (χ0v) is 14.8. The fourth-order valence-corrected chi connectivity index (χ4v) is 2.66. The summed E-state index contributed by atoms with van der Waals surface area (Å²) in [7, 11) is 0. The number of benzene rings is 2. The van der Waals surface area contributed by atoms with E-state index in [0.717, 1.165) is 11.4 Å². The van der Waals surface area contributed by atoms with Crippen LogP contribution in [0.4, 0.5) is 11.4 Å². The summed E-state index contributed by atoms with van der Waals surface area (Å²) < 4.78 is 0. The Bertz CT molecular complexity index is 690. The number of rotatable bonds is 3. The highest BCUT2D eigenvalue weighted by molar-refractivity contribution is 7.80. The molecule has 0 radical (unpaired) electrons. The Labute approximate surface area is 139 Å². The predicted molar refractivity (Wildman–Crippen MR) is 101 cm³/mol. The molecular weight excluding hydrogens is 288 g/mol. The molecule has 0 bridgehead atoms. The predicted octanol–water partition coefficient (Wildman–Crippen LogP) is 5.54. The second-order valence-electron chi connectivity index (χ2n) is 6.07. The number of thiocarbonyl (C=S) groups is 1. The van der Waals surface area contributed by atoms with Crippen LogP contribution in [-0.4, -0.2) is 5.11 Å². The van der Waals surface area contributed by atoms with Gasteiger partial charge in [0.05, 0.1) is 0 Å². The van der Waals surface area contributed by atoms with Crippen molar-refractivity contribution in [3.8, 4) is 0 Å². The zero-order valence-electron chi connectivity index (χ0n) is 13.9. The molecule has 0 atom stereocenters. The highest BCUT2D eigenvalue weighted by Gasteiger charge is 2.10. The first-order valence-corrected chi connectivity index (χ1v) is 8.04. The second kappa shape index (κ2) is 6.93. The first kappa shape index (κ1) is 16.5. The smallest absolute Gasteiger partial charge is 0.175 e. The Kier molecular flexibility index (Phi) is 5.19. The fraction of sp³-hybridized carbons (Fsp3) is 0.316. The van der Waals surface area contributed by atoms with Gasteiger partial charge in [0.25, 0.3) is 0 Å². The Morgan fingerprint density at radius 2 is 1.64 bits per heavy atom. The normalized spacial score (nSPS) is 10.6. The summed E-state index contributed by atoms with van der Waals surface area (Å²) in [5.41, 5.74) is 7.15. The lowest BCUT2D eigenvalue weighted by Crippen LogP contribution is -2.21. The fourth-order valence-electron chi connectivity index (χ4n) is 2.44. The number of anilines is 2. The van der Waals surface area contributed by atoms with E-state index >= 15 is 0 Å². The molecule has 0 aliphatic carbocycles. The molecular formula is C19H24N2S. The number of hydrogen-bond acceptors (Lipinski definition) is 1. The molecule has 0 aliphatic heterocycles. The lowest BCUT2D eigenvalue weighted by atomic mass is 9.98. The van der Waals surface area contributed by atoms with Gasteiger partial charge in [0.15, 0.2) is 5.11 Å². The maximum atomic E-state index is 5.48. The van der Waals surface area contributed by atoms with Crippen molar-refractivity contribution < 1.29 is 0 Å². The number of para-hydroxylation sites is 1. The lowest BCUT2D eigenvalue weighted by Gasteiger charge is -2.18. The average molecular weight is 312 g/mol. The van der Waals surface area contributed by atoms with Crippen molar-refractivity contribution in [1.29, 1.82) is 0 Å². The van der Waals surface area contributed by atoms with E-state index in [1.165, 1.54) is 22.3 Å². The molecule has 0 heterocycles. The SMILES string of the molecule is Cc1ccc(NC(=S)Nc2c(C)cccc2C(C)C)cc1C. The standard InChI is InChI=1S/C19H24N2S/c1-12(2)17-8-6-7-14(4)18(17)21-19(22)20-16-10-9-13(3)15(5)11-16/h6-12H,1-5H3,(H2,20,21,22). The van der Waals surface area contributed by atoms with Crippen molar-refractivity contribution in [2.45, 2.75) is 40.5 Å². The highest BCUT2D eigenvalue weighted by atomic mass is 32.1. The van der Waals surface area contributed by atoms with Gasteiger partial charge in [0, 0.05) is 11.4 Å². The van der Waals surface area contributed by atoms with Gasteiger partial charge in [0.2, 0.25) is 0 Å². The molecule has 0 saturated carbocycles. The first-order chi connectivity index (χ1) is 10.4. The van der Waals surface area contributed by atoms with Gasteiger partial charge in [-0.15, -0.1) is 0 Å². The Balaban J connectivity index is 2.17. The molecule has 0 aromatic heterocycles. The molecule has 2 aromatic carbocycles. The molecule has 0 spiro atoms. The summed E-state index contributed by atoms with van der Waals surface area (Å²) in [6.45, 7) is 10.7. The molecule has 0 fully saturated rings. The maximum Gasteiger partial charge on any atom is 0.175 e. The molecule has 2 N–H and O–H groups in total. The van der Waals surface area contributed by atoms with E-state index in [-0.39, 0.29) is 0 Å². The van der Waals surface area contributed by atoms with Crippen molar-refractivity contribution >= 4 is 28.7 Å². The van der Waals surface area contributed by atoms with Gasteiger partial charge in [-0.25, -0.2) is 0 Å². The van der Waals surface area contributed by atoms with Gasteiger partial charge in [-0.2, -0.15) is 0 Å². The van der Waals surface area contributed by atoms with E-state index < -0.39 is 0 Å². The topological polar surface area (TPSA) is 24.1 Å². The van der Waals surface area contributed by atoms with Gasteiger partial charge in [-0.05, 0) is 73.3 Å². The molecule has 0 aliphatic rings. The number of nitrogens with one attached hydrogen (secondary N) is 2. The summed E-state index contributed by atoms with van der Waals surface area (Å²) in [6, 6.07) is 12.6. The molecule has 2 nitrogen and oxygen atoms in total. The third-order valence-corrected chi connectivity index (χ3v) is 4.13. The molecule has 116 valence electrons. The van der Waals surface area contributed by atoms with Crippen LogP contribution in [0.5, 0.6) is 0 Å². The van der Waals surface area contributed by atoms with Crippen molar-refractivity contribution in [2.24, 2.45) is 0 Å². The monoisotopic (exact) mass is 312 g/mol. The molecule has 2 rings (SSSR count). The average Bonchev–Trinajstić information content (AvgIpc) is 2.45. The summed E-state index contributed by atoms with van der Waals surface area (Å²) in [5.74, 6) is 0.451. The minimum absolute atomic E-state index is 0.451. The van der Waals surface area contributed by atoms with E-state index in [2.05, 4.69) is 81.7 Å². The molecule has 0 amide bonds. The Hall–Kier alpha value is -1.87. The summed E-state index contributed by atoms with van der Waals surface area (Å²) >= 11 is 5.48. The van der Waals surface area contributed by atoms with Gasteiger partial charge in [-0.1, -0.05) is 38.1 Å². The van der Waals surface area contributed by atoms with E-state index in [0.29, 0.717) is 11.0 Å². The summed E-state index contributed by atoms with van der Waals surface area (Å²) in [6.07, 6.45) is 0. The van der Waals surface area contributed by atoms with E-state index in [1.54, 1.807) is 0 Å². The van der Waals surface area contributed by atoms with E-state index in [9.17, 15) is 0 Å². The Morgan fingerprint density at radius 1 is 0.909 bits per heavy atom. The van der Waals surface area contributed by atoms with E-state index in [4.69, 9.17) is 12.2 Å². The molecule has 0 unspecified atom stereocenters. The highest BCUT2D eigenvalue weighted by Crippen LogP contribution is 2.27. The van der Waals surface area contributed by atoms with Crippen LogP contribution < -0.4 is 10.6 Å². The number of hydrogen-bond donors (Lipinski definition) is 2. The van der Waals surface area contributed by atoms with Crippen LogP contribution in [0.2, 0.25) is 0 Å². The zero-order chi connectivity index (χ0) is 16.3. The Morgan fingerprint density at radius 3 is 2.27 bits per heavy atom. The van der Waals surface area contributed by atoms with Crippen LogP contribution >= 0.6 is 12.2 Å². The second-order valence-corrected chi connectivity index (χ2v) is 6.48. The molecule has 22 heavy (non-hydrogen) atoms. The molecule has 3 heteroatoms. The van der Waals surface area contributed by atoms with Crippen molar-refractivity contribution in [3.05, 3.63) is 58.7 Å². The third kappa shape index (κ3) is 3.86. The van der Waals surface area contributed by atoms with Gasteiger partial charge in [-0.3, -0.25) is 0 Å². The minimum Gasteiger partial charge on any atom is -0.332 e.